The van der Waals surface area contributed by atoms with Crippen LogP contribution in [0.25, 0.3) is 6.08 Å². The molecule has 10 nitrogen and oxygen atoms in total. The van der Waals surface area contributed by atoms with Gasteiger partial charge in [-0.2, -0.15) is 5.26 Å². The zero-order valence-electron chi connectivity index (χ0n) is 17.7. The standard InChI is InChI=1S/C22H21N3O7/c1-14(2)24-22(27)16(12-23)10-15-4-9-19(20(11-15)30-3)32-21(26)13-31-18-7-5-17(6-8-18)25(28)29/h4-11,14H,13H2,1-3H3,(H,24,27)/b16-10+. The van der Waals surface area contributed by atoms with Crippen LogP contribution in [0, 0.1) is 21.4 Å². The highest BCUT2D eigenvalue weighted by Gasteiger charge is 2.14. The number of nitro benzene ring substituents is 1. The minimum Gasteiger partial charge on any atom is -0.493 e. The largest absolute Gasteiger partial charge is 0.493 e. The lowest BCUT2D eigenvalue weighted by Crippen LogP contribution is -2.30. The van der Waals surface area contributed by atoms with Crippen LogP contribution in [0.4, 0.5) is 5.69 Å². The smallest absolute Gasteiger partial charge is 0.349 e. The number of benzene rings is 2. The molecule has 2 aromatic rings. The number of nitrogens with one attached hydrogen (secondary N) is 1. The van der Waals surface area contributed by atoms with Gasteiger partial charge in [0.2, 0.25) is 0 Å². The first-order chi connectivity index (χ1) is 15.2. The van der Waals surface area contributed by atoms with E-state index in [1.54, 1.807) is 19.9 Å². The van der Waals surface area contributed by atoms with Crippen molar-refractivity contribution in [3.8, 4) is 23.3 Å². The lowest BCUT2D eigenvalue weighted by atomic mass is 10.1. The van der Waals surface area contributed by atoms with Gasteiger partial charge in [0.05, 0.1) is 12.0 Å². The number of nitriles is 1. The maximum atomic E-state index is 12.1. The van der Waals surface area contributed by atoms with E-state index in [1.807, 2.05) is 6.07 Å². The van der Waals surface area contributed by atoms with Crippen molar-refractivity contribution >= 4 is 23.6 Å². The average molecular weight is 439 g/mol. The predicted molar refractivity (Wildman–Crippen MR) is 114 cm³/mol. The molecule has 0 radical (unpaired) electrons. The highest BCUT2D eigenvalue weighted by Crippen LogP contribution is 2.29. The summed E-state index contributed by atoms with van der Waals surface area (Å²) in [6, 6.07) is 11.5. The minimum atomic E-state index is -0.723. The maximum Gasteiger partial charge on any atom is 0.349 e. The summed E-state index contributed by atoms with van der Waals surface area (Å²) in [5.74, 6) is -0.626. The molecule has 166 valence electrons. The number of hydrogen-bond acceptors (Lipinski definition) is 8. The molecule has 1 N–H and O–H groups in total. The van der Waals surface area contributed by atoms with E-state index in [4.69, 9.17) is 14.2 Å². The molecule has 0 heterocycles. The molecule has 2 aromatic carbocycles. The third-order valence-corrected chi connectivity index (χ3v) is 3.91. The number of amides is 1. The number of carbonyl (C=O) groups excluding carboxylic acids is 2. The van der Waals surface area contributed by atoms with Gasteiger partial charge < -0.3 is 19.5 Å². The highest BCUT2D eigenvalue weighted by atomic mass is 16.6. The van der Waals surface area contributed by atoms with Crippen LogP contribution in [0.1, 0.15) is 19.4 Å². The van der Waals surface area contributed by atoms with E-state index in [9.17, 15) is 25.0 Å². The maximum absolute atomic E-state index is 12.1. The Balaban J connectivity index is 2.06. The molecule has 0 fully saturated rings. The van der Waals surface area contributed by atoms with Gasteiger partial charge in [0, 0.05) is 18.2 Å². The second-order valence-electron chi connectivity index (χ2n) is 6.72. The molecule has 0 spiro atoms. The van der Waals surface area contributed by atoms with Crippen LogP contribution in [0.3, 0.4) is 0 Å². The summed E-state index contributed by atoms with van der Waals surface area (Å²) in [7, 11) is 1.38. The topological polar surface area (TPSA) is 141 Å². The van der Waals surface area contributed by atoms with Gasteiger partial charge in [0.25, 0.3) is 11.6 Å². The van der Waals surface area contributed by atoms with Crippen molar-refractivity contribution in [3.05, 3.63) is 63.7 Å². The summed E-state index contributed by atoms with van der Waals surface area (Å²) in [6.45, 7) is 3.13. The average Bonchev–Trinajstić information content (AvgIpc) is 2.76. The van der Waals surface area contributed by atoms with Crippen molar-refractivity contribution in [2.24, 2.45) is 0 Å². The number of ether oxygens (including phenoxy) is 3. The second kappa shape index (κ2) is 11.1. The molecule has 0 bridgehead atoms. The number of hydrogen-bond donors (Lipinski definition) is 1. The Morgan fingerprint density at radius 3 is 2.44 bits per heavy atom. The highest BCUT2D eigenvalue weighted by molar-refractivity contribution is 6.01. The lowest BCUT2D eigenvalue weighted by molar-refractivity contribution is -0.384. The van der Waals surface area contributed by atoms with E-state index >= 15 is 0 Å². The van der Waals surface area contributed by atoms with Gasteiger partial charge in [0.15, 0.2) is 18.1 Å². The summed E-state index contributed by atoms with van der Waals surface area (Å²) in [5.41, 5.74) is 0.321. The summed E-state index contributed by atoms with van der Waals surface area (Å²) in [5, 5.41) is 22.5. The molecular formula is C22H21N3O7. The molecule has 0 unspecified atom stereocenters. The molecule has 32 heavy (non-hydrogen) atoms. The molecule has 0 saturated carbocycles. The molecule has 0 aliphatic heterocycles. The van der Waals surface area contributed by atoms with Crippen LogP contribution in [0.15, 0.2) is 48.0 Å². The normalized spacial score (nSPS) is 10.8. The van der Waals surface area contributed by atoms with Gasteiger partial charge in [-0.1, -0.05) is 6.07 Å². The Morgan fingerprint density at radius 2 is 1.88 bits per heavy atom. The number of carbonyl (C=O) groups is 2. The molecule has 0 atom stereocenters. The minimum absolute atomic E-state index is 0.0815. The third kappa shape index (κ3) is 6.84. The first-order valence-electron chi connectivity index (χ1n) is 9.42. The quantitative estimate of drug-likeness (QED) is 0.157. The molecule has 10 heteroatoms. The fourth-order valence-corrected chi connectivity index (χ4v) is 2.47. The van der Waals surface area contributed by atoms with E-state index in [0.29, 0.717) is 5.56 Å². The fraction of sp³-hybridized carbons (Fsp3) is 0.227. The van der Waals surface area contributed by atoms with Crippen molar-refractivity contribution in [1.82, 2.24) is 5.32 Å². The molecule has 0 saturated heterocycles. The van der Waals surface area contributed by atoms with Crippen LogP contribution >= 0.6 is 0 Å². The fourth-order valence-electron chi connectivity index (χ4n) is 2.47. The van der Waals surface area contributed by atoms with Gasteiger partial charge in [-0.15, -0.1) is 0 Å². The monoisotopic (exact) mass is 439 g/mol. The summed E-state index contributed by atoms with van der Waals surface area (Å²) < 4.78 is 15.7. The number of non-ortho nitro benzene ring substituents is 1. The van der Waals surface area contributed by atoms with Gasteiger partial charge in [-0.05, 0) is 49.8 Å². The van der Waals surface area contributed by atoms with Crippen LogP contribution in [0.2, 0.25) is 0 Å². The molecule has 0 aromatic heterocycles. The Labute approximate surface area is 184 Å². The molecule has 0 aliphatic rings. The van der Waals surface area contributed by atoms with Crippen molar-refractivity contribution in [1.29, 1.82) is 5.26 Å². The van der Waals surface area contributed by atoms with E-state index < -0.39 is 23.4 Å². The van der Waals surface area contributed by atoms with E-state index in [2.05, 4.69) is 5.32 Å². The zero-order valence-corrected chi connectivity index (χ0v) is 17.7. The Bertz CT molecular complexity index is 1070. The van der Waals surface area contributed by atoms with E-state index in [-0.39, 0.29) is 34.6 Å². The van der Waals surface area contributed by atoms with Crippen molar-refractivity contribution in [3.63, 3.8) is 0 Å². The number of methoxy groups -OCH3 is 1. The third-order valence-electron chi connectivity index (χ3n) is 3.91. The van der Waals surface area contributed by atoms with Crippen molar-refractivity contribution in [2.75, 3.05) is 13.7 Å². The summed E-state index contributed by atoms with van der Waals surface area (Å²) >= 11 is 0. The Hall–Kier alpha value is -4.39. The first-order valence-corrected chi connectivity index (χ1v) is 9.42. The summed E-state index contributed by atoms with van der Waals surface area (Å²) in [4.78, 5) is 34.3. The van der Waals surface area contributed by atoms with Crippen molar-refractivity contribution in [2.45, 2.75) is 19.9 Å². The Kier molecular flexibility index (Phi) is 8.30. The number of rotatable bonds is 9. The predicted octanol–water partition coefficient (Wildman–Crippen LogP) is 3.02. The van der Waals surface area contributed by atoms with Gasteiger partial charge in [0.1, 0.15) is 17.4 Å². The van der Waals surface area contributed by atoms with E-state index in [0.717, 1.165) is 0 Å². The number of esters is 1. The lowest BCUT2D eigenvalue weighted by Gasteiger charge is -2.11. The molecule has 2 rings (SSSR count). The van der Waals surface area contributed by atoms with Gasteiger partial charge in [-0.25, -0.2) is 4.79 Å². The Morgan fingerprint density at radius 1 is 1.19 bits per heavy atom. The first kappa shape index (κ1) is 23.9. The number of nitro groups is 1. The molecular weight excluding hydrogens is 418 g/mol. The van der Waals surface area contributed by atoms with Crippen LogP contribution in [-0.4, -0.2) is 36.6 Å². The second-order valence-corrected chi connectivity index (χ2v) is 6.72. The van der Waals surface area contributed by atoms with Crippen LogP contribution in [-0.2, 0) is 9.59 Å². The SMILES string of the molecule is COc1cc(/C=C(\C#N)C(=O)NC(C)C)ccc1OC(=O)COc1ccc([N+](=O)[O-])cc1. The molecule has 0 aliphatic carbocycles. The van der Waals surface area contributed by atoms with Crippen LogP contribution in [0.5, 0.6) is 17.2 Å². The number of nitrogens with zero attached hydrogens (tertiary/aromatic N) is 2. The van der Waals surface area contributed by atoms with Crippen molar-refractivity contribution < 1.29 is 28.7 Å². The van der Waals surface area contributed by atoms with Gasteiger partial charge in [-0.3, -0.25) is 14.9 Å². The summed E-state index contributed by atoms with van der Waals surface area (Å²) in [6.07, 6.45) is 1.39. The van der Waals surface area contributed by atoms with Crippen LogP contribution < -0.4 is 19.5 Å². The van der Waals surface area contributed by atoms with Gasteiger partial charge >= 0.3 is 5.97 Å². The zero-order chi connectivity index (χ0) is 23.7. The molecule has 1 amide bonds. The van der Waals surface area contributed by atoms with E-state index in [1.165, 1.54) is 49.6 Å².